The molecular weight excluding hydrogens is 808 g/mol. The number of phenols is 2. The third-order valence-corrected chi connectivity index (χ3v) is 12.1. The molecule has 1 saturated carbocycles. The van der Waals surface area contributed by atoms with Crippen LogP contribution in [-0.4, -0.2) is 62.0 Å². The third-order valence-electron chi connectivity index (χ3n) is 11.6. The van der Waals surface area contributed by atoms with E-state index in [1.165, 1.54) is 43.5 Å². The van der Waals surface area contributed by atoms with E-state index in [4.69, 9.17) is 27.9 Å². The SMILES string of the molecule is COc1cc([C@H]2C3=CC[C@@H]4C(=O)N(c5ccc(C(=O)O)c(O)c5)C(=O)[C@@H]4[C@@H]3C[C@H]3C(=O)N(Nc4ncc(C(F)(F)F)cc4Cl)C(=O)[C@@]23c2ccc(Cl)cc2)ccc1O. The maximum atomic E-state index is 15.3. The number of aromatic nitrogens is 1. The van der Waals surface area contributed by atoms with E-state index in [1.54, 1.807) is 18.2 Å². The predicted octanol–water partition coefficient (Wildman–Crippen LogP) is 6.71. The number of fused-ring (bicyclic) bond motifs is 4. The highest BCUT2D eigenvalue weighted by atomic mass is 35.5. The Bertz CT molecular complexity index is 2500. The van der Waals surface area contributed by atoms with E-state index in [2.05, 4.69) is 10.4 Å². The summed E-state index contributed by atoms with van der Waals surface area (Å²) in [5, 5.41) is 30.9. The molecule has 6 atom stereocenters. The number of alkyl halides is 3. The van der Waals surface area contributed by atoms with E-state index in [0.29, 0.717) is 39.0 Å². The topological polar surface area (TPSA) is 187 Å². The molecule has 0 unspecified atom stereocenters. The monoisotopic (exact) mass is 836 g/mol. The average Bonchev–Trinajstić information content (AvgIpc) is 3.56. The van der Waals surface area contributed by atoms with Crippen molar-refractivity contribution < 1.29 is 57.2 Å². The van der Waals surface area contributed by atoms with Gasteiger partial charge in [-0.15, -0.1) is 0 Å². The van der Waals surface area contributed by atoms with Crippen LogP contribution in [-0.2, 0) is 30.8 Å². The van der Waals surface area contributed by atoms with Gasteiger partial charge in [0.15, 0.2) is 17.3 Å². The number of hydrogen-bond donors (Lipinski definition) is 4. The Balaban J connectivity index is 1.30. The number of imide groups is 2. The molecule has 18 heteroatoms. The van der Waals surface area contributed by atoms with Crippen LogP contribution in [0.4, 0.5) is 24.7 Å². The normalized spacial score (nSPS) is 25.3. The minimum Gasteiger partial charge on any atom is -0.507 e. The Morgan fingerprint density at radius 2 is 1.66 bits per heavy atom. The lowest BCUT2D eigenvalue weighted by atomic mass is 9.49. The second-order valence-corrected chi connectivity index (χ2v) is 15.2. The Morgan fingerprint density at radius 3 is 2.29 bits per heavy atom. The quantitative estimate of drug-likeness (QED) is 0.114. The van der Waals surface area contributed by atoms with Gasteiger partial charge in [0.05, 0.1) is 46.6 Å². The number of hydrogen-bond acceptors (Lipinski definition) is 10. The van der Waals surface area contributed by atoms with Gasteiger partial charge in [-0.1, -0.05) is 53.1 Å². The van der Waals surface area contributed by atoms with Crippen LogP contribution in [0.25, 0.3) is 0 Å². The molecule has 3 fully saturated rings. The molecular formula is C40H29Cl2F3N4O9. The molecule has 298 valence electrons. The van der Waals surface area contributed by atoms with E-state index >= 15 is 4.79 Å². The van der Waals surface area contributed by atoms with Crippen LogP contribution < -0.4 is 15.1 Å². The summed E-state index contributed by atoms with van der Waals surface area (Å²) in [5.74, 6) is -11.0. The van der Waals surface area contributed by atoms with E-state index in [1.807, 2.05) is 0 Å². The molecule has 0 bridgehead atoms. The first-order valence-corrected chi connectivity index (χ1v) is 18.4. The van der Waals surface area contributed by atoms with Gasteiger partial charge in [-0.05, 0) is 72.4 Å². The molecule has 13 nitrogen and oxygen atoms in total. The number of rotatable bonds is 7. The summed E-state index contributed by atoms with van der Waals surface area (Å²) >= 11 is 12.5. The van der Waals surface area contributed by atoms with Crippen molar-refractivity contribution in [3.8, 4) is 17.2 Å². The van der Waals surface area contributed by atoms with Gasteiger partial charge in [-0.25, -0.2) is 14.7 Å². The van der Waals surface area contributed by atoms with E-state index in [0.717, 1.165) is 17.0 Å². The van der Waals surface area contributed by atoms with Crippen molar-refractivity contribution in [2.24, 2.45) is 23.7 Å². The standard InChI is InChI=1S/C40H29Cl2F3N4O9/c1-58-30-12-17(2-11-28(30)50)32-22-9-10-24-31(36(54)48(34(24)52)21-7-8-23(37(55)56)29(51)14-21)25(22)15-26-35(53)49(38(57)39(26,32)18-3-5-20(41)6-4-18)47-33-27(42)13-19(16-46-33)40(43,44)45/h2-9,11-14,16,24-26,31-32,50-51H,10,15H2,1H3,(H,46,47)(H,55,56)/t24-,25+,26-,31-,32-,39+/m0/s1. The zero-order valence-corrected chi connectivity index (χ0v) is 31.3. The first kappa shape index (κ1) is 38.7. The fourth-order valence-corrected chi connectivity index (χ4v) is 9.46. The number of carboxylic acids is 1. The molecule has 58 heavy (non-hydrogen) atoms. The number of nitrogens with zero attached hydrogens (tertiary/aromatic N) is 3. The number of carboxylic acid groups (broad SMARTS) is 1. The number of halogens is 5. The van der Waals surface area contributed by atoms with Crippen LogP contribution in [0.2, 0.25) is 10.0 Å². The molecule has 0 spiro atoms. The number of nitrogens with one attached hydrogen (secondary N) is 1. The number of carbonyl (C=O) groups excluding carboxylic acids is 4. The molecule has 2 aliphatic heterocycles. The third kappa shape index (κ3) is 5.75. The Labute approximate surface area is 336 Å². The summed E-state index contributed by atoms with van der Waals surface area (Å²) < 4.78 is 45.9. The minimum absolute atomic E-state index is 0.0129. The second-order valence-electron chi connectivity index (χ2n) is 14.4. The first-order valence-electron chi connectivity index (χ1n) is 17.6. The van der Waals surface area contributed by atoms with E-state index in [9.17, 15) is 47.7 Å². The van der Waals surface area contributed by atoms with Gasteiger partial charge in [-0.3, -0.25) is 24.6 Å². The summed E-state index contributed by atoms with van der Waals surface area (Å²) in [7, 11) is 1.32. The fraction of sp³-hybridized carbons (Fsp3) is 0.250. The summed E-state index contributed by atoms with van der Waals surface area (Å²) in [6.45, 7) is 0. The molecule has 4 aromatic rings. The van der Waals surface area contributed by atoms with Crippen LogP contribution >= 0.6 is 23.2 Å². The number of anilines is 2. The van der Waals surface area contributed by atoms with Gasteiger partial charge in [0, 0.05) is 23.2 Å². The number of ether oxygens (including phenoxy) is 1. The van der Waals surface area contributed by atoms with Crippen molar-refractivity contribution in [1.29, 1.82) is 0 Å². The molecule has 3 aromatic carbocycles. The second kappa shape index (κ2) is 13.8. The van der Waals surface area contributed by atoms with Gasteiger partial charge >= 0.3 is 12.1 Å². The number of allylic oxidation sites excluding steroid dienone is 2. The van der Waals surface area contributed by atoms with Gasteiger partial charge in [0.2, 0.25) is 11.8 Å². The number of hydrazine groups is 1. The lowest BCUT2D eigenvalue weighted by Gasteiger charge is -2.50. The summed E-state index contributed by atoms with van der Waals surface area (Å²) in [4.78, 5) is 75.0. The number of benzene rings is 3. The number of carbonyl (C=O) groups is 5. The largest absolute Gasteiger partial charge is 0.507 e. The summed E-state index contributed by atoms with van der Waals surface area (Å²) in [5.41, 5.74) is 0.250. The highest BCUT2D eigenvalue weighted by Gasteiger charge is 2.70. The van der Waals surface area contributed by atoms with Crippen LogP contribution in [0, 0.1) is 23.7 Å². The number of amides is 4. The van der Waals surface area contributed by atoms with Crippen LogP contribution in [0.1, 0.15) is 45.8 Å². The molecule has 2 aliphatic carbocycles. The molecule has 4 amide bonds. The molecule has 1 aromatic heterocycles. The van der Waals surface area contributed by atoms with Crippen LogP contribution in [0.3, 0.4) is 0 Å². The Morgan fingerprint density at radius 1 is 0.931 bits per heavy atom. The molecule has 2 saturated heterocycles. The summed E-state index contributed by atoms with van der Waals surface area (Å²) in [6, 6.07) is 14.5. The van der Waals surface area contributed by atoms with Crippen molar-refractivity contribution in [2.75, 3.05) is 17.4 Å². The molecule has 4 aliphatic rings. The van der Waals surface area contributed by atoms with Crippen molar-refractivity contribution >= 4 is 64.3 Å². The Hall–Kier alpha value is -6.13. The molecule has 0 radical (unpaired) electrons. The maximum Gasteiger partial charge on any atom is 0.417 e. The van der Waals surface area contributed by atoms with Crippen LogP contribution in [0.15, 0.2) is 84.6 Å². The maximum absolute atomic E-state index is 15.3. The fourth-order valence-electron chi connectivity index (χ4n) is 9.13. The van der Waals surface area contributed by atoms with E-state index in [-0.39, 0.29) is 30.0 Å². The van der Waals surface area contributed by atoms with Gasteiger partial charge in [0.25, 0.3) is 11.8 Å². The number of aromatic hydroxyl groups is 2. The van der Waals surface area contributed by atoms with Crippen molar-refractivity contribution in [2.45, 2.75) is 30.4 Å². The lowest BCUT2D eigenvalue weighted by Crippen LogP contribution is -2.53. The van der Waals surface area contributed by atoms with Crippen LogP contribution in [0.5, 0.6) is 17.2 Å². The zero-order valence-electron chi connectivity index (χ0n) is 29.8. The number of pyridine rings is 1. The highest BCUT2D eigenvalue weighted by Crippen LogP contribution is 2.64. The minimum atomic E-state index is -4.79. The number of phenolic OH excluding ortho intramolecular Hbond substituents is 1. The molecule has 4 N–H and O–H groups in total. The van der Waals surface area contributed by atoms with Gasteiger partial charge in [0.1, 0.15) is 11.3 Å². The van der Waals surface area contributed by atoms with Crippen molar-refractivity contribution in [3.05, 3.63) is 117 Å². The van der Waals surface area contributed by atoms with Gasteiger partial charge < -0.3 is 20.1 Å². The molecule has 3 heterocycles. The lowest BCUT2D eigenvalue weighted by molar-refractivity contribution is -0.139. The van der Waals surface area contributed by atoms with Crippen molar-refractivity contribution in [1.82, 2.24) is 9.99 Å². The molecule has 8 rings (SSSR count). The predicted molar refractivity (Wildman–Crippen MR) is 199 cm³/mol. The first-order chi connectivity index (χ1) is 27.5. The van der Waals surface area contributed by atoms with Gasteiger partial charge in [-0.2, -0.15) is 18.2 Å². The zero-order chi connectivity index (χ0) is 41.6. The number of methoxy groups -OCH3 is 1. The Kier molecular flexibility index (Phi) is 9.19. The average molecular weight is 838 g/mol. The number of aromatic carboxylic acids is 1. The smallest absolute Gasteiger partial charge is 0.417 e. The summed E-state index contributed by atoms with van der Waals surface area (Å²) in [6.07, 6.45) is -2.70. The van der Waals surface area contributed by atoms with Crippen molar-refractivity contribution in [3.63, 3.8) is 0 Å². The highest BCUT2D eigenvalue weighted by molar-refractivity contribution is 6.33. The van der Waals surface area contributed by atoms with E-state index < -0.39 is 98.5 Å².